The van der Waals surface area contributed by atoms with E-state index in [0.29, 0.717) is 6.04 Å². The summed E-state index contributed by atoms with van der Waals surface area (Å²) in [5, 5.41) is 11.0. The van der Waals surface area contributed by atoms with E-state index in [-0.39, 0.29) is 24.0 Å². The molecule has 0 aliphatic rings. The van der Waals surface area contributed by atoms with Gasteiger partial charge in [-0.15, -0.1) is 24.0 Å². The minimum atomic E-state index is 0. The maximum atomic E-state index is 4.29. The van der Waals surface area contributed by atoms with Gasteiger partial charge in [0.05, 0.1) is 0 Å². The van der Waals surface area contributed by atoms with E-state index in [9.17, 15) is 0 Å². The molecule has 132 valence electrons. The Morgan fingerprint density at radius 1 is 1.25 bits per heavy atom. The summed E-state index contributed by atoms with van der Waals surface area (Å²) >= 11 is 0. The van der Waals surface area contributed by atoms with Crippen LogP contribution in [0.15, 0.2) is 53.8 Å². The second-order valence-electron chi connectivity index (χ2n) is 5.69. The molecule has 0 radical (unpaired) electrons. The highest BCUT2D eigenvalue weighted by Crippen LogP contribution is 2.04. The maximum Gasteiger partial charge on any atom is 0.191 e. The molecule has 0 aliphatic heterocycles. The number of benzene rings is 1. The maximum absolute atomic E-state index is 4.29. The Balaban J connectivity index is 0.00000288. The third-order valence-corrected chi connectivity index (χ3v) is 3.73. The first-order chi connectivity index (χ1) is 11.3. The minimum absolute atomic E-state index is 0. The Kier molecular flexibility index (Phi) is 10.1. The predicted octanol–water partition coefficient (Wildman–Crippen LogP) is 3.08. The second kappa shape index (κ2) is 11.9. The molecule has 1 atom stereocenters. The highest BCUT2D eigenvalue weighted by molar-refractivity contribution is 14.0. The predicted molar refractivity (Wildman–Crippen MR) is 111 cm³/mol. The largest absolute Gasteiger partial charge is 0.356 e. The van der Waals surface area contributed by atoms with Crippen molar-refractivity contribution < 1.29 is 0 Å². The van der Waals surface area contributed by atoms with Crippen LogP contribution in [0.3, 0.4) is 0 Å². The third-order valence-electron chi connectivity index (χ3n) is 3.73. The number of aromatic nitrogens is 2. The zero-order valence-electron chi connectivity index (χ0n) is 14.5. The number of nitrogens with zero attached hydrogens (tertiary/aromatic N) is 3. The lowest BCUT2D eigenvalue weighted by Crippen LogP contribution is -2.42. The number of halogens is 1. The van der Waals surface area contributed by atoms with Crippen LogP contribution in [-0.2, 0) is 13.0 Å². The van der Waals surface area contributed by atoms with E-state index < -0.39 is 0 Å². The standard InChI is InChI=1S/C18H27N5.HI/c1-16(10-11-17-8-4-3-5-9-17)22-18(19-2)20-12-6-14-23-15-7-13-21-23;/h3-5,7-9,13,15-16H,6,10-12,14H2,1-2H3,(H2,19,20,22);1H. The van der Waals surface area contributed by atoms with E-state index in [2.05, 4.69) is 58.0 Å². The molecule has 1 aromatic heterocycles. The Morgan fingerprint density at radius 3 is 2.71 bits per heavy atom. The normalized spacial score (nSPS) is 12.3. The molecule has 0 saturated carbocycles. The fourth-order valence-electron chi connectivity index (χ4n) is 2.41. The zero-order valence-corrected chi connectivity index (χ0v) is 16.8. The van der Waals surface area contributed by atoms with Crippen LogP contribution in [-0.4, -0.2) is 35.4 Å². The molecule has 1 aromatic carbocycles. The molecule has 0 amide bonds. The zero-order chi connectivity index (χ0) is 16.3. The van der Waals surface area contributed by atoms with Gasteiger partial charge in [0.1, 0.15) is 0 Å². The summed E-state index contributed by atoms with van der Waals surface area (Å²) in [6.07, 6.45) is 6.96. The van der Waals surface area contributed by atoms with Crippen molar-refractivity contribution in [3.05, 3.63) is 54.4 Å². The smallest absolute Gasteiger partial charge is 0.191 e. The Labute approximate surface area is 162 Å². The average molecular weight is 441 g/mol. The Bertz CT molecular complexity index is 568. The fourth-order valence-corrected chi connectivity index (χ4v) is 2.41. The number of guanidine groups is 1. The summed E-state index contributed by atoms with van der Waals surface area (Å²) in [6.45, 7) is 3.99. The molecule has 0 bridgehead atoms. The van der Waals surface area contributed by atoms with E-state index in [0.717, 1.165) is 38.3 Å². The summed E-state index contributed by atoms with van der Waals surface area (Å²) in [5.74, 6) is 0.867. The molecule has 0 fully saturated rings. The van der Waals surface area contributed by atoms with Crippen LogP contribution in [0.5, 0.6) is 0 Å². The first kappa shape index (κ1) is 20.5. The van der Waals surface area contributed by atoms with E-state index >= 15 is 0 Å². The van der Waals surface area contributed by atoms with Crippen molar-refractivity contribution in [2.45, 2.75) is 38.8 Å². The second-order valence-corrected chi connectivity index (χ2v) is 5.69. The molecule has 0 aliphatic carbocycles. The molecule has 2 aromatic rings. The van der Waals surface area contributed by atoms with Crippen molar-refractivity contribution in [1.29, 1.82) is 0 Å². The SMILES string of the molecule is CN=C(NCCCn1cccn1)NC(C)CCc1ccccc1.I. The monoisotopic (exact) mass is 441 g/mol. The summed E-state index contributed by atoms with van der Waals surface area (Å²) in [5.41, 5.74) is 1.38. The van der Waals surface area contributed by atoms with Gasteiger partial charge in [0, 0.05) is 38.6 Å². The van der Waals surface area contributed by atoms with E-state index in [4.69, 9.17) is 0 Å². The van der Waals surface area contributed by atoms with Gasteiger partial charge in [0.2, 0.25) is 0 Å². The van der Waals surface area contributed by atoms with Crippen LogP contribution >= 0.6 is 24.0 Å². The van der Waals surface area contributed by atoms with Gasteiger partial charge in [-0.3, -0.25) is 9.67 Å². The number of rotatable bonds is 8. The number of hydrogen-bond acceptors (Lipinski definition) is 2. The molecule has 2 rings (SSSR count). The molecule has 0 spiro atoms. The van der Waals surface area contributed by atoms with Crippen molar-refractivity contribution in [2.75, 3.05) is 13.6 Å². The molecule has 2 N–H and O–H groups in total. The van der Waals surface area contributed by atoms with Gasteiger partial charge in [0.25, 0.3) is 0 Å². The third kappa shape index (κ3) is 7.81. The lowest BCUT2D eigenvalue weighted by molar-refractivity contribution is 0.559. The van der Waals surface area contributed by atoms with Crippen molar-refractivity contribution in [1.82, 2.24) is 20.4 Å². The molecular formula is C18H28IN5. The lowest BCUT2D eigenvalue weighted by Gasteiger charge is -2.18. The Morgan fingerprint density at radius 2 is 2.04 bits per heavy atom. The minimum Gasteiger partial charge on any atom is -0.356 e. The van der Waals surface area contributed by atoms with Crippen LogP contribution in [0.2, 0.25) is 0 Å². The van der Waals surface area contributed by atoms with E-state index in [1.54, 1.807) is 0 Å². The summed E-state index contributed by atoms with van der Waals surface area (Å²) in [7, 11) is 1.81. The van der Waals surface area contributed by atoms with Gasteiger partial charge < -0.3 is 10.6 Å². The fraction of sp³-hybridized carbons (Fsp3) is 0.444. The number of aryl methyl sites for hydroxylation is 2. The van der Waals surface area contributed by atoms with Crippen molar-refractivity contribution in [2.24, 2.45) is 4.99 Å². The molecule has 0 saturated heterocycles. The number of hydrogen-bond donors (Lipinski definition) is 2. The van der Waals surface area contributed by atoms with E-state index in [1.165, 1.54) is 5.56 Å². The van der Waals surface area contributed by atoms with Crippen LogP contribution in [0, 0.1) is 0 Å². The van der Waals surface area contributed by atoms with Gasteiger partial charge in [-0.1, -0.05) is 30.3 Å². The molecule has 6 heteroatoms. The first-order valence-corrected chi connectivity index (χ1v) is 8.26. The van der Waals surface area contributed by atoms with Gasteiger partial charge in [-0.05, 0) is 37.8 Å². The lowest BCUT2D eigenvalue weighted by atomic mass is 10.1. The van der Waals surface area contributed by atoms with Crippen LogP contribution in [0.1, 0.15) is 25.3 Å². The summed E-state index contributed by atoms with van der Waals surface area (Å²) in [4.78, 5) is 4.29. The molecular weight excluding hydrogens is 413 g/mol. The van der Waals surface area contributed by atoms with Crippen LogP contribution in [0.4, 0.5) is 0 Å². The van der Waals surface area contributed by atoms with Gasteiger partial charge in [-0.25, -0.2) is 0 Å². The van der Waals surface area contributed by atoms with E-state index in [1.807, 2.05) is 30.2 Å². The van der Waals surface area contributed by atoms with Gasteiger partial charge >= 0.3 is 0 Å². The molecule has 5 nitrogen and oxygen atoms in total. The van der Waals surface area contributed by atoms with Crippen molar-refractivity contribution in [3.8, 4) is 0 Å². The van der Waals surface area contributed by atoms with Crippen molar-refractivity contribution >= 4 is 29.9 Å². The number of aliphatic imine (C=N–C) groups is 1. The topological polar surface area (TPSA) is 54.2 Å². The highest BCUT2D eigenvalue weighted by Gasteiger charge is 2.05. The van der Waals surface area contributed by atoms with Crippen molar-refractivity contribution in [3.63, 3.8) is 0 Å². The van der Waals surface area contributed by atoms with Crippen LogP contribution in [0.25, 0.3) is 0 Å². The quantitative estimate of drug-likeness (QED) is 0.287. The summed E-state index contributed by atoms with van der Waals surface area (Å²) < 4.78 is 1.94. The van der Waals surface area contributed by atoms with Gasteiger partial charge in [-0.2, -0.15) is 5.10 Å². The Hall–Kier alpha value is -1.57. The van der Waals surface area contributed by atoms with Crippen LogP contribution < -0.4 is 10.6 Å². The molecule has 1 unspecified atom stereocenters. The number of nitrogens with one attached hydrogen (secondary N) is 2. The first-order valence-electron chi connectivity index (χ1n) is 8.26. The average Bonchev–Trinajstić information content (AvgIpc) is 3.10. The highest BCUT2D eigenvalue weighted by atomic mass is 127. The molecule has 24 heavy (non-hydrogen) atoms. The molecule has 1 heterocycles. The van der Waals surface area contributed by atoms with Gasteiger partial charge in [0.15, 0.2) is 5.96 Å². The summed E-state index contributed by atoms with van der Waals surface area (Å²) in [6, 6.07) is 12.9.